The van der Waals surface area contributed by atoms with Gasteiger partial charge >= 0.3 is 0 Å². The average Bonchev–Trinajstić information content (AvgIpc) is 3.04. The van der Waals surface area contributed by atoms with E-state index in [2.05, 4.69) is 46.4 Å². The number of nitrogens with zero attached hydrogens (tertiary/aromatic N) is 3. The molecule has 0 spiro atoms. The maximum atomic E-state index is 4.24. The Labute approximate surface area is 131 Å². The lowest BCUT2D eigenvalue weighted by molar-refractivity contribution is 0.221. The fourth-order valence-electron chi connectivity index (χ4n) is 3.28. The van der Waals surface area contributed by atoms with Crippen molar-refractivity contribution in [3.05, 3.63) is 60.4 Å². The topological polar surface area (TPSA) is 20.5 Å². The molecule has 3 aromatic rings. The highest BCUT2D eigenvalue weighted by atomic mass is 15.2. The van der Waals surface area contributed by atoms with E-state index in [-0.39, 0.29) is 0 Å². The molecule has 0 radical (unpaired) electrons. The van der Waals surface area contributed by atoms with Crippen LogP contribution in [0.1, 0.15) is 24.8 Å². The van der Waals surface area contributed by atoms with Gasteiger partial charge in [0.25, 0.3) is 0 Å². The summed E-state index contributed by atoms with van der Waals surface area (Å²) in [6.45, 7) is 3.58. The maximum Gasteiger partial charge on any atom is 0.0667 e. The highest BCUT2D eigenvalue weighted by Gasteiger charge is 2.10. The predicted octanol–water partition coefficient (Wildman–Crippen LogP) is 3.99. The van der Waals surface area contributed by atoms with Gasteiger partial charge in [0.15, 0.2) is 0 Å². The number of pyridine rings is 1. The van der Waals surface area contributed by atoms with Crippen molar-refractivity contribution in [2.24, 2.45) is 0 Å². The van der Waals surface area contributed by atoms with Gasteiger partial charge in [0, 0.05) is 18.9 Å². The zero-order chi connectivity index (χ0) is 14.8. The van der Waals surface area contributed by atoms with Crippen molar-refractivity contribution in [3.63, 3.8) is 0 Å². The Hall–Kier alpha value is -2.13. The first-order valence-electron chi connectivity index (χ1n) is 8.13. The largest absolute Gasteiger partial charge is 0.299 e. The first-order valence-corrected chi connectivity index (χ1v) is 8.13. The molecule has 1 aliphatic rings. The van der Waals surface area contributed by atoms with Gasteiger partial charge in [0.05, 0.1) is 5.52 Å². The van der Waals surface area contributed by atoms with Crippen molar-refractivity contribution in [1.82, 2.24) is 14.5 Å². The average molecular weight is 291 g/mol. The minimum Gasteiger partial charge on any atom is -0.299 e. The van der Waals surface area contributed by atoms with Gasteiger partial charge in [-0.15, -0.1) is 0 Å². The van der Waals surface area contributed by atoms with E-state index in [1.165, 1.54) is 49.0 Å². The predicted molar refractivity (Wildman–Crippen MR) is 89.8 cm³/mol. The molecule has 112 valence electrons. The number of piperidine rings is 1. The molecule has 1 saturated heterocycles. The molecule has 1 fully saturated rings. The molecule has 3 nitrogen and oxygen atoms in total. The second-order valence-electron chi connectivity index (χ2n) is 6.15. The third-order valence-corrected chi connectivity index (χ3v) is 4.54. The van der Waals surface area contributed by atoms with Crippen LogP contribution in [-0.4, -0.2) is 27.6 Å². The quantitative estimate of drug-likeness (QED) is 0.727. The molecule has 22 heavy (non-hydrogen) atoms. The summed E-state index contributed by atoms with van der Waals surface area (Å²) >= 11 is 0. The number of hydrogen-bond acceptors (Lipinski definition) is 2. The van der Waals surface area contributed by atoms with Crippen LogP contribution in [0.15, 0.2) is 54.9 Å². The number of fused-ring (bicyclic) bond motifs is 1. The van der Waals surface area contributed by atoms with Crippen LogP contribution in [-0.2, 0) is 6.54 Å². The lowest BCUT2D eigenvalue weighted by atomic mass is 10.0. The van der Waals surface area contributed by atoms with Gasteiger partial charge in [-0.3, -0.25) is 4.90 Å². The van der Waals surface area contributed by atoms with Gasteiger partial charge in [-0.2, -0.15) is 5.10 Å². The summed E-state index contributed by atoms with van der Waals surface area (Å²) in [7, 11) is 0. The van der Waals surface area contributed by atoms with Crippen LogP contribution in [0, 0.1) is 0 Å². The third-order valence-electron chi connectivity index (χ3n) is 4.54. The zero-order valence-corrected chi connectivity index (χ0v) is 12.8. The molecule has 0 atom stereocenters. The molecule has 0 aliphatic carbocycles. The van der Waals surface area contributed by atoms with Crippen LogP contribution in [0.25, 0.3) is 16.6 Å². The van der Waals surface area contributed by atoms with Crippen LogP contribution in [0.3, 0.4) is 0 Å². The van der Waals surface area contributed by atoms with Crippen molar-refractivity contribution < 1.29 is 0 Å². The van der Waals surface area contributed by atoms with Crippen LogP contribution in [0.5, 0.6) is 0 Å². The summed E-state index contributed by atoms with van der Waals surface area (Å²) in [6.07, 6.45) is 7.95. The first-order chi connectivity index (χ1) is 10.9. The summed E-state index contributed by atoms with van der Waals surface area (Å²) in [5.41, 5.74) is 5.06. The smallest absolute Gasteiger partial charge is 0.0667 e. The Kier molecular flexibility index (Phi) is 3.65. The lowest BCUT2D eigenvalue weighted by Crippen LogP contribution is -2.28. The van der Waals surface area contributed by atoms with Crippen molar-refractivity contribution >= 4 is 5.52 Å². The molecule has 0 saturated carbocycles. The Morgan fingerprint density at radius 3 is 2.50 bits per heavy atom. The van der Waals surface area contributed by atoms with Gasteiger partial charge in [-0.1, -0.05) is 30.7 Å². The van der Waals surface area contributed by atoms with Gasteiger partial charge in [-0.25, -0.2) is 4.52 Å². The Morgan fingerprint density at radius 2 is 1.68 bits per heavy atom. The van der Waals surface area contributed by atoms with E-state index in [1.54, 1.807) is 0 Å². The molecule has 0 bridgehead atoms. The van der Waals surface area contributed by atoms with E-state index in [0.717, 1.165) is 12.1 Å². The lowest BCUT2D eigenvalue weighted by Gasteiger charge is -2.26. The van der Waals surface area contributed by atoms with E-state index in [0.29, 0.717) is 0 Å². The molecule has 4 rings (SSSR count). The van der Waals surface area contributed by atoms with Crippen LogP contribution >= 0.6 is 0 Å². The monoisotopic (exact) mass is 291 g/mol. The van der Waals surface area contributed by atoms with E-state index in [9.17, 15) is 0 Å². The van der Waals surface area contributed by atoms with Gasteiger partial charge in [0.2, 0.25) is 0 Å². The molecule has 0 amide bonds. The standard InChI is InChI=1S/C19H21N3/c1-2-11-21(12-3-1)15-16-4-6-17(7-5-16)18-9-13-22-19(14-18)8-10-20-22/h4-10,13-14H,1-3,11-12,15H2. The number of hydrogen-bond donors (Lipinski definition) is 0. The van der Waals surface area contributed by atoms with Crippen LogP contribution < -0.4 is 0 Å². The fourth-order valence-corrected chi connectivity index (χ4v) is 3.28. The Balaban J connectivity index is 1.53. The van der Waals surface area contributed by atoms with Gasteiger partial charge in [0.1, 0.15) is 0 Å². The second-order valence-corrected chi connectivity index (χ2v) is 6.15. The number of aromatic nitrogens is 2. The van der Waals surface area contributed by atoms with E-state index >= 15 is 0 Å². The molecule has 1 aliphatic heterocycles. The molecule has 3 heteroatoms. The SMILES string of the molecule is c1cc2cc(-c3ccc(CN4CCCCC4)cc3)ccn2n1. The van der Waals surface area contributed by atoms with Crippen molar-refractivity contribution in [1.29, 1.82) is 0 Å². The number of rotatable bonds is 3. The summed E-state index contributed by atoms with van der Waals surface area (Å²) in [5.74, 6) is 0. The Bertz CT molecular complexity index is 752. The van der Waals surface area contributed by atoms with Crippen molar-refractivity contribution in [2.45, 2.75) is 25.8 Å². The highest BCUT2D eigenvalue weighted by Crippen LogP contribution is 2.22. The minimum absolute atomic E-state index is 1.09. The molecule has 0 N–H and O–H groups in total. The van der Waals surface area contributed by atoms with Crippen LogP contribution in [0.2, 0.25) is 0 Å². The Morgan fingerprint density at radius 1 is 0.864 bits per heavy atom. The molecule has 0 unspecified atom stereocenters. The molecular weight excluding hydrogens is 270 g/mol. The molecule has 1 aromatic carbocycles. The molecular formula is C19H21N3. The van der Waals surface area contributed by atoms with Gasteiger partial charge in [-0.05, 0) is 60.8 Å². The minimum atomic E-state index is 1.09. The number of benzene rings is 1. The highest BCUT2D eigenvalue weighted by molar-refractivity contribution is 5.68. The van der Waals surface area contributed by atoms with Crippen molar-refractivity contribution in [2.75, 3.05) is 13.1 Å². The second kappa shape index (κ2) is 5.93. The summed E-state index contributed by atoms with van der Waals surface area (Å²) in [6, 6.07) is 15.4. The van der Waals surface area contributed by atoms with E-state index in [1.807, 2.05) is 23.0 Å². The third kappa shape index (κ3) is 2.77. The summed E-state index contributed by atoms with van der Waals surface area (Å²) < 4.78 is 1.90. The van der Waals surface area contributed by atoms with Gasteiger partial charge < -0.3 is 0 Å². The van der Waals surface area contributed by atoms with E-state index in [4.69, 9.17) is 0 Å². The molecule has 3 heterocycles. The molecule has 2 aromatic heterocycles. The summed E-state index contributed by atoms with van der Waals surface area (Å²) in [4.78, 5) is 2.57. The first kappa shape index (κ1) is 13.5. The van der Waals surface area contributed by atoms with Crippen molar-refractivity contribution in [3.8, 4) is 11.1 Å². The normalized spacial score (nSPS) is 16.2. The summed E-state index contributed by atoms with van der Waals surface area (Å²) in [5, 5.41) is 4.24. The maximum absolute atomic E-state index is 4.24. The number of likely N-dealkylation sites (tertiary alicyclic amines) is 1. The zero-order valence-electron chi connectivity index (χ0n) is 12.8. The fraction of sp³-hybridized carbons (Fsp3) is 0.316. The van der Waals surface area contributed by atoms with Crippen LogP contribution in [0.4, 0.5) is 0 Å². The van der Waals surface area contributed by atoms with E-state index < -0.39 is 0 Å².